The van der Waals surface area contributed by atoms with Crippen LogP contribution < -0.4 is 0 Å². The predicted octanol–water partition coefficient (Wildman–Crippen LogP) is 3.39. The van der Waals surface area contributed by atoms with E-state index in [-0.39, 0.29) is 5.82 Å². The number of hydrogen-bond donors (Lipinski definition) is 0. The van der Waals surface area contributed by atoms with Crippen molar-refractivity contribution in [1.82, 2.24) is 9.38 Å². The minimum absolute atomic E-state index is 0.259. The normalized spacial score (nSPS) is 11.3. The van der Waals surface area contributed by atoms with Crippen molar-refractivity contribution in [1.29, 1.82) is 0 Å². The monoisotopic (exact) mass is 264 g/mol. The molecule has 74 valence electrons. The third-order valence-electron chi connectivity index (χ3n) is 2.33. The van der Waals surface area contributed by atoms with Crippen LogP contribution >= 0.6 is 15.9 Å². The second-order valence-corrected chi connectivity index (χ2v) is 4.23. The number of nitrogens with zero attached hydrogens (tertiary/aromatic N) is 2. The van der Waals surface area contributed by atoms with Crippen molar-refractivity contribution in [3.8, 4) is 0 Å². The Kier molecular flexibility index (Phi) is 1.79. The molecule has 2 nitrogen and oxygen atoms in total. The fraction of sp³-hybridized carbons (Fsp3) is 0. The molecule has 0 saturated heterocycles. The van der Waals surface area contributed by atoms with E-state index in [2.05, 4.69) is 20.9 Å². The van der Waals surface area contributed by atoms with Crippen LogP contribution in [0.2, 0.25) is 0 Å². The van der Waals surface area contributed by atoms with E-state index in [0.717, 1.165) is 15.6 Å². The lowest BCUT2D eigenvalue weighted by atomic mass is 10.3. The number of benzene rings is 1. The Bertz CT molecular complexity index is 604. The molecule has 0 atom stereocenters. The summed E-state index contributed by atoms with van der Waals surface area (Å²) in [5.74, 6) is -0.259. The molecule has 3 rings (SSSR count). The SMILES string of the molecule is Fc1ccc2c(c1)nc1cc(Br)ccn12. The van der Waals surface area contributed by atoms with Gasteiger partial charge < -0.3 is 0 Å². The van der Waals surface area contributed by atoms with Gasteiger partial charge in [-0.2, -0.15) is 0 Å². The van der Waals surface area contributed by atoms with E-state index in [1.165, 1.54) is 12.1 Å². The van der Waals surface area contributed by atoms with Gasteiger partial charge in [0, 0.05) is 16.7 Å². The number of imidazole rings is 1. The van der Waals surface area contributed by atoms with Gasteiger partial charge in [-0.3, -0.25) is 4.40 Å². The molecule has 0 fully saturated rings. The highest BCUT2D eigenvalue weighted by molar-refractivity contribution is 9.10. The zero-order valence-corrected chi connectivity index (χ0v) is 9.20. The van der Waals surface area contributed by atoms with Crippen LogP contribution in [0.3, 0.4) is 0 Å². The summed E-state index contributed by atoms with van der Waals surface area (Å²) in [6, 6.07) is 8.45. The van der Waals surface area contributed by atoms with Crippen LogP contribution in [0.5, 0.6) is 0 Å². The van der Waals surface area contributed by atoms with E-state index in [0.29, 0.717) is 5.52 Å². The smallest absolute Gasteiger partial charge is 0.139 e. The Hall–Kier alpha value is -1.42. The van der Waals surface area contributed by atoms with Gasteiger partial charge in [-0.05, 0) is 24.3 Å². The first kappa shape index (κ1) is 8.85. The molecule has 0 amide bonds. The van der Waals surface area contributed by atoms with Gasteiger partial charge >= 0.3 is 0 Å². The van der Waals surface area contributed by atoms with Crippen molar-refractivity contribution < 1.29 is 4.39 Å². The van der Waals surface area contributed by atoms with Crippen LogP contribution in [0.4, 0.5) is 4.39 Å². The second kappa shape index (κ2) is 3.03. The van der Waals surface area contributed by atoms with Gasteiger partial charge in [0.2, 0.25) is 0 Å². The number of rotatable bonds is 0. The summed E-state index contributed by atoms with van der Waals surface area (Å²) < 4.78 is 15.9. The van der Waals surface area contributed by atoms with Gasteiger partial charge in [-0.25, -0.2) is 9.37 Å². The Morgan fingerprint density at radius 3 is 2.93 bits per heavy atom. The van der Waals surface area contributed by atoms with Gasteiger partial charge in [-0.15, -0.1) is 0 Å². The topological polar surface area (TPSA) is 17.3 Å². The molecule has 0 bridgehead atoms. The van der Waals surface area contributed by atoms with Crippen LogP contribution in [-0.4, -0.2) is 9.38 Å². The maximum atomic E-state index is 13.0. The number of fused-ring (bicyclic) bond motifs is 3. The van der Waals surface area contributed by atoms with E-state index < -0.39 is 0 Å². The molecule has 3 aromatic rings. The summed E-state index contributed by atoms with van der Waals surface area (Å²) in [6.07, 6.45) is 1.91. The van der Waals surface area contributed by atoms with E-state index in [1.54, 1.807) is 6.07 Å². The van der Waals surface area contributed by atoms with Crippen molar-refractivity contribution in [3.05, 3.63) is 46.8 Å². The molecular weight excluding hydrogens is 259 g/mol. The van der Waals surface area contributed by atoms with E-state index in [1.807, 2.05) is 22.7 Å². The van der Waals surface area contributed by atoms with E-state index in [9.17, 15) is 4.39 Å². The quantitative estimate of drug-likeness (QED) is 0.609. The molecule has 2 aromatic heterocycles. The Labute approximate surface area is 93.5 Å². The Balaban J connectivity index is 2.51. The molecule has 4 heteroatoms. The molecule has 1 aromatic carbocycles. The van der Waals surface area contributed by atoms with Gasteiger partial charge in [0.1, 0.15) is 11.5 Å². The van der Waals surface area contributed by atoms with Crippen LogP contribution in [-0.2, 0) is 0 Å². The molecule has 15 heavy (non-hydrogen) atoms. The summed E-state index contributed by atoms with van der Waals surface area (Å²) in [4.78, 5) is 4.33. The lowest BCUT2D eigenvalue weighted by Gasteiger charge is -1.95. The first-order valence-electron chi connectivity index (χ1n) is 4.47. The molecule has 0 unspecified atom stereocenters. The molecule has 0 aliphatic carbocycles. The van der Waals surface area contributed by atoms with Crippen molar-refractivity contribution in [2.45, 2.75) is 0 Å². The highest BCUT2D eigenvalue weighted by atomic mass is 79.9. The molecule has 0 spiro atoms. The first-order chi connectivity index (χ1) is 7.24. The molecular formula is C11H6BrFN2. The Morgan fingerprint density at radius 1 is 1.20 bits per heavy atom. The summed E-state index contributed by atoms with van der Waals surface area (Å²) in [5, 5.41) is 0. The number of aromatic nitrogens is 2. The van der Waals surface area contributed by atoms with Crippen molar-refractivity contribution in [2.24, 2.45) is 0 Å². The van der Waals surface area contributed by atoms with Gasteiger partial charge in [-0.1, -0.05) is 15.9 Å². The minimum Gasteiger partial charge on any atom is -0.300 e. The summed E-state index contributed by atoms with van der Waals surface area (Å²) >= 11 is 3.38. The predicted molar refractivity (Wildman–Crippen MR) is 60.4 cm³/mol. The largest absolute Gasteiger partial charge is 0.300 e. The minimum atomic E-state index is -0.259. The third-order valence-corrected chi connectivity index (χ3v) is 2.82. The fourth-order valence-corrected chi connectivity index (χ4v) is 1.99. The molecule has 0 radical (unpaired) electrons. The molecule has 2 heterocycles. The van der Waals surface area contributed by atoms with Crippen molar-refractivity contribution in [2.75, 3.05) is 0 Å². The second-order valence-electron chi connectivity index (χ2n) is 3.32. The number of pyridine rings is 1. The van der Waals surface area contributed by atoms with Crippen LogP contribution in [0.25, 0.3) is 16.7 Å². The summed E-state index contributed by atoms with van der Waals surface area (Å²) in [6.45, 7) is 0. The average molecular weight is 265 g/mol. The van der Waals surface area contributed by atoms with Crippen molar-refractivity contribution >= 4 is 32.6 Å². The zero-order valence-electron chi connectivity index (χ0n) is 7.61. The molecule has 0 N–H and O–H groups in total. The van der Waals surface area contributed by atoms with Crippen LogP contribution in [0.15, 0.2) is 41.0 Å². The summed E-state index contributed by atoms with van der Waals surface area (Å²) in [5.41, 5.74) is 2.40. The molecule has 0 saturated carbocycles. The van der Waals surface area contributed by atoms with E-state index >= 15 is 0 Å². The van der Waals surface area contributed by atoms with Crippen LogP contribution in [0, 0.1) is 5.82 Å². The van der Waals surface area contributed by atoms with Gasteiger partial charge in [0.15, 0.2) is 0 Å². The third kappa shape index (κ3) is 1.33. The Morgan fingerprint density at radius 2 is 2.07 bits per heavy atom. The van der Waals surface area contributed by atoms with Crippen molar-refractivity contribution in [3.63, 3.8) is 0 Å². The van der Waals surface area contributed by atoms with Crippen LogP contribution in [0.1, 0.15) is 0 Å². The maximum absolute atomic E-state index is 13.0. The summed E-state index contributed by atoms with van der Waals surface area (Å²) in [7, 11) is 0. The lowest BCUT2D eigenvalue weighted by molar-refractivity contribution is 0.629. The first-order valence-corrected chi connectivity index (χ1v) is 5.26. The number of hydrogen-bond acceptors (Lipinski definition) is 1. The number of halogens is 2. The maximum Gasteiger partial charge on any atom is 0.139 e. The highest BCUT2D eigenvalue weighted by Gasteiger charge is 2.04. The zero-order chi connectivity index (χ0) is 10.4. The fourth-order valence-electron chi connectivity index (χ4n) is 1.67. The molecule has 0 aliphatic heterocycles. The van der Waals surface area contributed by atoms with E-state index in [4.69, 9.17) is 0 Å². The highest BCUT2D eigenvalue weighted by Crippen LogP contribution is 2.20. The van der Waals surface area contributed by atoms with Gasteiger partial charge in [0.05, 0.1) is 11.0 Å². The lowest BCUT2D eigenvalue weighted by Crippen LogP contribution is -1.82. The average Bonchev–Trinajstić information content (AvgIpc) is 2.53. The molecule has 0 aliphatic rings. The standard InChI is InChI=1S/C11H6BrFN2/c12-7-3-4-15-10-2-1-8(13)6-9(10)14-11(15)5-7/h1-6H. The van der Waals surface area contributed by atoms with Gasteiger partial charge in [0.25, 0.3) is 0 Å².